The van der Waals surface area contributed by atoms with Gasteiger partial charge in [0, 0.05) is 18.0 Å². The van der Waals surface area contributed by atoms with E-state index in [0.29, 0.717) is 23.6 Å². The van der Waals surface area contributed by atoms with Crippen LogP contribution < -0.4 is 10.3 Å². The molecule has 0 saturated heterocycles. The third-order valence-electron chi connectivity index (χ3n) is 3.71. The van der Waals surface area contributed by atoms with Gasteiger partial charge in [-0.05, 0) is 35.9 Å². The second-order valence-corrected chi connectivity index (χ2v) is 5.38. The molecule has 3 rings (SSSR count). The molecule has 0 atom stereocenters. The molecule has 0 aliphatic rings. The third-order valence-corrected chi connectivity index (χ3v) is 3.71. The largest absolute Gasteiger partial charge is 0.489 e. The Balaban J connectivity index is 1.75. The average molecular weight is 335 g/mol. The summed E-state index contributed by atoms with van der Waals surface area (Å²) in [5, 5.41) is 0. The highest BCUT2D eigenvalue weighted by molar-refractivity contribution is 5.89. The maximum Gasteiger partial charge on any atom is 0.337 e. The lowest BCUT2D eigenvalue weighted by atomic mass is 10.2. The van der Waals surface area contributed by atoms with Crippen LogP contribution in [0.25, 0.3) is 5.69 Å². The van der Waals surface area contributed by atoms with Crippen molar-refractivity contribution in [3.05, 3.63) is 94.4 Å². The van der Waals surface area contributed by atoms with Gasteiger partial charge < -0.3 is 9.47 Å². The standard InChI is InChI=1S/C20H17NO4/c1-24-20(23)16-7-9-17(10-8-16)21-12-11-18(13-19(21)22)25-14-15-5-3-2-4-6-15/h2-13H,14H2,1H3. The molecule has 0 spiro atoms. The number of aromatic nitrogens is 1. The van der Waals surface area contributed by atoms with Gasteiger partial charge in [0.2, 0.25) is 0 Å². The number of pyridine rings is 1. The molecule has 5 nitrogen and oxygen atoms in total. The number of hydrogen-bond donors (Lipinski definition) is 0. The van der Waals surface area contributed by atoms with Crippen LogP contribution in [0.4, 0.5) is 0 Å². The van der Waals surface area contributed by atoms with Gasteiger partial charge in [-0.2, -0.15) is 0 Å². The zero-order valence-corrected chi connectivity index (χ0v) is 13.7. The van der Waals surface area contributed by atoms with Crippen LogP contribution in [0.2, 0.25) is 0 Å². The fraction of sp³-hybridized carbons (Fsp3) is 0.100. The van der Waals surface area contributed by atoms with Crippen molar-refractivity contribution in [2.24, 2.45) is 0 Å². The smallest absolute Gasteiger partial charge is 0.337 e. The van der Waals surface area contributed by atoms with Gasteiger partial charge in [0.1, 0.15) is 12.4 Å². The number of nitrogens with zero attached hydrogens (tertiary/aromatic N) is 1. The molecular weight excluding hydrogens is 318 g/mol. The highest BCUT2D eigenvalue weighted by Crippen LogP contribution is 2.13. The fourth-order valence-electron chi connectivity index (χ4n) is 2.38. The minimum Gasteiger partial charge on any atom is -0.489 e. The summed E-state index contributed by atoms with van der Waals surface area (Å²) < 4.78 is 11.8. The molecule has 126 valence electrons. The Morgan fingerprint density at radius 2 is 1.72 bits per heavy atom. The second kappa shape index (κ2) is 7.49. The number of rotatable bonds is 5. The topological polar surface area (TPSA) is 57.5 Å². The summed E-state index contributed by atoms with van der Waals surface area (Å²) in [6, 6.07) is 19.5. The Kier molecular flexibility index (Phi) is 4.95. The first kappa shape index (κ1) is 16.5. The summed E-state index contributed by atoms with van der Waals surface area (Å²) in [7, 11) is 1.33. The number of carbonyl (C=O) groups excluding carboxylic acids is 1. The van der Waals surface area contributed by atoms with Gasteiger partial charge in [-0.1, -0.05) is 30.3 Å². The first-order valence-corrected chi connectivity index (χ1v) is 7.75. The van der Waals surface area contributed by atoms with E-state index in [1.807, 2.05) is 30.3 Å². The molecule has 0 radical (unpaired) electrons. The second-order valence-electron chi connectivity index (χ2n) is 5.38. The van der Waals surface area contributed by atoms with E-state index in [2.05, 4.69) is 4.74 Å². The van der Waals surface area contributed by atoms with E-state index in [-0.39, 0.29) is 5.56 Å². The van der Waals surface area contributed by atoms with Crippen molar-refractivity contribution in [2.45, 2.75) is 6.61 Å². The lowest BCUT2D eigenvalue weighted by molar-refractivity contribution is 0.0601. The number of benzene rings is 2. The molecular formula is C20H17NO4. The Morgan fingerprint density at radius 3 is 2.36 bits per heavy atom. The van der Waals surface area contributed by atoms with Crippen molar-refractivity contribution in [1.82, 2.24) is 4.57 Å². The van der Waals surface area contributed by atoms with Gasteiger partial charge in [0.25, 0.3) is 5.56 Å². The van der Waals surface area contributed by atoms with Crippen LogP contribution in [-0.4, -0.2) is 17.6 Å². The van der Waals surface area contributed by atoms with E-state index < -0.39 is 5.97 Å². The van der Waals surface area contributed by atoms with Crippen molar-refractivity contribution in [3.63, 3.8) is 0 Å². The van der Waals surface area contributed by atoms with Gasteiger partial charge >= 0.3 is 5.97 Å². The molecule has 0 amide bonds. The Morgan fingerprint density at radius 1 is 1.00 bits per heavy atom. The van der Waals surface area contributed by atoms with Gasteiger partial charge in [0.15, 0.2) is 0 Å². The molecule has 25 heavy (non-hydrogen) atoms. The zero-order chi connectivity index (χ0) is 17.6. The molecule has 3 aromatic rings. The van der Waals surface area contributed by atoms with Gasteiger partial charge in [-0.15, -0.1) is 0 Å². The molecule has 0 unspecified atom stereocenters. The maximum atomic E-state index is 12.3. The zero-order valence-electron chi connectivity index (χ0n) is 13.7. The van der Waals surface area contributed by atoms with Crippen LogP contribution in [0.1, 0.15) is 15.9 Å². The highest BCUT2D eigenvalue weighted by Gasteiger charge is 2.06. The van der Waals surface area contributed by atoms with Crippen LogP contribution in [-0.2, 0) is 11.3 Å². The summed E-state index contributed by atoms with van der Waals surface area (Å²) in [5.74, 6) is 0.0971. The van der Waals surface area contributed by atoms with Crippen LogP contribution >= 0.6 is 0 Å². The Bertz CT molecular complexity index is 914. The molecule has 0 N–H and O–H groups in total. The molecule has 0 aliphatic heterocycles. The van der Waals surface area contributed by atoms with Crippen molar-refractivity contribution in [1.29, 1.82) is 0 Å². The average Bonchev–Trinajstić information content (AvgIpc) is 2.67. The first-order chi connectivity index (χ1) is 12.2. The quantitative estimate of drug-likeness (QED) is 0.672. The van der Waals surface area contributed by atoms with Crippen molar-refractivity contribution in [2.75, 3.05) is 7.11 Å². The van der Waals surface area contributed by atoms with E-state index >= 15 is 0 Å². The van der Waals surface area contributed by atoms with Crippen LogP contribution in [0.3, 0.4) is 0 Å². The van der Waals surface area contributed by atoms with Crippen LogP contribution in [0.5, 0.6) is 5.75 Å². The summed E-state index contributed by atoms with van der Waals surface area (Å²) in [6.07, 6.45) is 1.65. The van der Waals surface area contributed by atoms with E-state index in [0.717, 1.165) is 5.56 Å². The number of esters is 1. The van der Waals surface area contributed by atoms with Crippen molar-refractivity contribution in [3.8, 4) is 11.4 Å². The predicted molar refractivity (Wildman–Crippen MR) is 94.2 cm³/mol. The monoisotopic (exact) mass is 335 g/mol. The number of hydrogen-bond acceptors (Lipinski definition) is 4. The molecule has 0 saturated carbocycles. The normalized spacial score (nSPS) is 10.3. The van der Waals surface area contributed by atoms with Gasteiger partial charge in [-0.3, -0.25) is 9.36 Å². The molecule has 0 fully saturated rings. The molecule has 0 bridgehead atoms. The van der Waals surface area contributed by atoms with Crippen LogP contribution in [0.15, 0.2) is 77.7 Å². The lowest BCUT2D eigenvalue weighted by Gasteiger charge is -2.09. The molecule has 0 aliphatic carbocycles. The summed E-state index contributed by atoms with van der Waals surface area (Å²) in [5.41, 5.74) is 1.91. The minimum absolute atomic E-state index is 0.212. The summed E-state index contributed by atoms with van der Waals surface area (Å²) in [6.45, 7) is 0.401. The number of ether oxygens (including phenoxy) is 2. The molecule has 1 heterocycles. The summed E-state index contributed by atoms with van der Waals surface area (Å²) >= 11 is 0. The third kappa shape index (κ3) is 3.95. The molecule has 1 aromatic heterocycles. The van der Waals surface area contributed by atoms with Crippen molar-refractivity contribution >= 4 is 5.97 Å². The van der Waals surface area contributed by atoms with E-state index in [1.165, 1.54) is 17.7 Å². The molecule has 2 aromatic carbocycles. The first-order valence-electron chi connectivity index (χ1n) is 7.75. The number of methoxy groups -OCH3 is 1. The Labute approximate surface area is 145 Å². The van der Waals surface area contributed by atoms with Gasteiger partial charge in [0.05, 0.1) is 12.7 Å². The minimum atomic E-state index is -0.413. The Hall–Kier alpha value is -3.34. The number of carbonyl (C=O) groups is 1. The van der Waals surface area contributed by atoms with Crippen molar-refractivity contribution < 1.29 is 14.3 Å². The lowest BCUT2D eigenvalue weighted by Crippen LogP contribution is -2.17. The fourth-order valence-corrected chi connectivity index (χ4v) is 2.38. The van der Waals surface area contributed by atoms with Crippen LogP contribution in [0, 0.1) is 0 Å². The van der Waals surface area contributed by atoms with E-state index in [1.54, 1.807) is 36.5 Å². The predicted octanol–water partition coefficient (Wildman–Crippen LogP) is 3.20. The van der Waals surface area contributed by atoms with Gasteiger partial charge in [-0.25, -0.2) is 4.79 Å². The van der Waals surface area contributed by atoms with E-state index in [4.69, 9.17) is 4.74 Å². The summed E-state index contributed by atoms with van der Waals surface area (Å²) in [4.78, 5) is 23.8. The van der Waals surface area contributed by atoms with E-state index in [9.17, 15) is 9.59 Å². The SMILES string of the molecule is COC(=O)c1ccc(-n2ccc(OCc3ccccc3)cc2=O)cc1. The maximum absolute atomic E-state index is 12.3. The highest BCUT2D eigenvalue weighted by atomic mass is 16.5. The molecule has 5 heteroatoms.